The maximum atomic E-state index is 10.4. The molecule has 0 bridgehead atoms. The van der Waals surface area contributed by atoms with Crippen LogP contribution in [0.3, 0.4) is 0 Å². The number of phenols is 1. The van der Waals surface area contributed by atoms with Gasteiger partial charge >= 0.3 is 0 Å². The zero-order valence-corrected chi connectivity index (χ0v) is 12.0. The number of aromatic hydroxyl groups is 1. The highest BCUT2D eigenvalue weighted by molar-refractivity contribution is 14.1. The van der Waals surface area contributed by atoms with Gasteiger partial charge in [-0.2, -0.15) is 0 Å². The lowest BCUT2D eigenvalue weighted by atomic mass is 10.1. The molecule has 2 N–H and O–H groups in total. The Morgan fingerprint density at radius 2 is 2.17 bits per heavy atom. The Kier molecular flexibility index (Phi) is 2.91. The number of halogens is 1. The fraction of sp³-hybridized carbons (Fsp3) is 0.143. The second-order valence-electron chi connectivity index (χ2n) is 4.20. The topological polar surface area (TPSA) is 45.2 Å². The fourth-order valence-corrected chi connectivity index (χ4v) is 3.21. The highest BCUT2D eigenvalue weighted by Crippen LogP contribution is 2.43. The molecule has 3 rings (SSSR count). The van der Waals surface area contributed by atoms with Crippen LogP contribution in [0.5, 0.6) is 5.75 Å². The van der Waals surface area contributed by atoms with Gasteiger partial charge < -0.3 is 14.8 Å². The van der Waals surface area contributed by atoms with Crippen LogP contribution in [0, 0.1) is 3.57 Å². The Morgan fingerprint density at radius 3 is 2.94 bits per heavy atom. The Labute approximate surface area is 118 Å². The Morgan fingerprint density at radius 1 is 1.33 bits per heavy atom. The highest BCUT2D eigenvalue weighted by atomic mass is 127. The van der Waals surface area contributed by atoms with Crippen LogP contribution >= 0.6 is 22.6 Å². The third-order valence-corrected chi connectivity index (χ3v) is 4.30. The Hall–Kier alpha value is -1.27. The second kappa shape index (κ2) is 4.44. The quantitative estimate of drug-likeness (QED) is 0.690. The van der Waals surface area contributed by atoms with E-state index in [4.69, 9.17) is 4.74 Å². The summed E-state index contributed by atoms with van der Waals surface area (Å²) < 4.78 is 6.27. The summed E-state index contributed by atoms with van der Waals surface area (Å²) in [7, 11) is 1.63. The normalized spacial score (nSPS) is 11.4. The number of aromatic nitrogens is 1. The van der Waals surface area contributed by atoms with Crippen molar-refractivity contribution >= 4 is 33.4 Å². The van der Waals surface area contributed by atoms with Gasteiger partial charge in [-0.15, -0.1) is 0 Å². The van der Waals surface area contributed by atoms with E-state index in [1.165, 1.54) is 0 Å². The number of H-pyrrole nitrogens is 1. The van der Waals surface area contributed by atoms with E-state index in [0.29, 0.717) is 12.4 Å². The van der Waals surface area contributed by atoms with Crippen molar-refractivity contribution in [3.05, 3.63) is 39.6 Å². The number of pyridine rings is 1. The molecule has 0 radical (unpaired) electrons. The number of phenolic OH excluding ortho intramolecular Hbond substituents is 1. The molecule has 1 heterocycles. The number of rotatable bonds is 2. The van der Waals surface area contributed by atoms with Gasteiger partial charge in [-0.05, 0) is 28.7 Å². The molecule has 1 aliphatic carbocycles. The van der Waals surface area contributed by atoms with Gasteiger partial charge in [-0.1, -0.05) is 18.2 Å². The van der Waals surface area contributed by atoms with Crippen LogP contribution in [-0.2, 0) is 11.3 Å². The highest BCUT2D eigenvalue weighted by Gasteiger charge is 2.20. The molecule has 0 saturated carbocycles. The van der Waals surface area contributed by atoms with Gasteiger partial charge in [0.2, 0.25) is 0 Å². The summed E-state index contributed by atoms with van der Waals surface area (Å²) in [5.41, 5.74) is 2.93. The van der Waals surface area contributed by atoms with Crippen LogP contribution < -0.4 is 0 Å². The van der Waals surface area contributed by atoms with E-state index in [-0.39, 0.29) is 0 Å². The summed E-state index contributed by atoms with van der Waals surface area (Å²) in [6.07, 6.45) is 1.88. The molecule has 0 atom stereocenters. The van der Waals surface area contributed by atoms with Crippen LogP contribution in [0.25, 0.3) is 22.0 Å². The van der Waals surface area contributed by atoms with Gasteiger partial charge in [0.05, 0.1) is 12.3 Å². The fourth-order valence-electron chi connectivity index (χ4n) is 2.31. The first-order valence-electron chi connectivity index (χ1n) is 5.62. The first-order chi connectivity index (χ1) is 8.74. The smallest absolute Gasteiger partial charge is 0.131 e. The molecule has 1 aliphatic heterocycles. The van der Waals surface area contributed by atoms with E-state index in [9.17, 15) is 5.11 Å². The van der Waals surface area contributed by atoms with Crippen molar-refractivity contribution in [2.75, 3.05) is 7.11 Å². The van der Waals surface area contributed by atoms with Crippen molar-refractivity contribution in [1.29, 1.82) is 0 Å². The van der Waals surface area contributed by atoms with Crippen molar-refractivity contribution in [2.24, 2.45) is 0 Å². The predicted octanol–water partition coefficient (Wildman–Crippen LogP) is 3.73. The molecule has 0 saturated heterocycles. The van der Waals surface area contributed by atoms with Crippen LogP contribution in [0.1, 0.15) is 5.56 Å². The Balaban J connectivity index is 2.41. The van der Waals surface area contributed by atoms with E-state index < -0.39 is 0 Å². The molecular weight excluding hydrogens is 341 g/mol. The van der Waals surface area contributed by atoms with Crippen molar-refractivity contribution in [3.63, 3.8) is 0 Å². The summed E-state index contributed by atoms with van der Waals surface area (Å²) >= 11 is 2.32. The molecule has 1 aromatic rings. The number of nitrogens with one attached hydrogen (secondary N) is 1. The van der Waals surface area contributed by atoms with Crippen LogP contribution in [0.15, 0.2) is 30.5 Å². The summed E-state index contributed by atoms with van der Waals surface area (Å²) in [5.74, 6) is 0.310. The van der Waals surface area contributed by atoms with Crippen LogP contribution in [-0.4, -0.2) is 17.2 Å². The standard InChI is InChI=1S/C14H12INO2/c1-18-7-8-4-5-9-11(14(8)17)13-10(12(9)15)3-2-6-16-13/h2-6,16-17H,7H2,1H3. The number of methoxy groups -OCH3 is 1. The molecule has 0 amide bonds. The number of fused-ring (bicyclic) bond motifs is 3. The number of benzene rings is 1. The molecule has 0 aromatic heterocycles. The number of aromatic amines is 1. The molecule has 18 heavy (non-hydrogen) atoms. The average Bonchev–Trinajstić information content (AvgIpc) is 2.68. The van der Waals surface area contributed by atoms with Gasteiger partial charge in [-0.3, -0.25) is 0 Å². The minimum absolute atomic E-state index is 0.310. The summed E-state index contributed by atoms with van der Waals surface area (Å²) in [6, 6.07) is 7.99. The molecule has 3 nitrogen and oxygen atoms in total. The van der Waals surface area contributed by atoms with E-state index in [1.54, 1.807) is 7.11 Å². The molecule has 4 heteroatoms. The molecule has 92 valence electrons. The van der Waals surface area contributed by atoms with Crippen LogP contribution in [0.4, 0.5) is 0 Å². The molecular formula is C14H12INO2. The average molecular weight is 353 g/mol. The SMILES string of the molecule is COCc1ccc2c(I)c3ccc[nH]c-3c2c1O. The maximum Gasteiger partial charge on any atom is 0.131 e. The summed E-state index contributed by atoms with van der Waals surface area (Å²) in [5, 5.41) is 12.3. The van der Waals surface area contributed by atoms with Gasteiger partial charge in [0, 0.05) is 38.8 Å². The zero-order chi connectivity index (χ0) is 12.7. The van der Waals surface area contributed by atoms with Gasteiger partial charge in [0.1, 0.15) is 5.75 Å². The number of hydrogen-bond acceptors (Lipinski definition) is 2. The van der Waals surface area contributed by atoms with E-state index in [2.05, 4.69) is 33.6 Å². The minimum atomic E-state index is 0.310. The van der Waals surface area contributed by atoms with Gasteiger partial charge in [0.15, 0.2) is 0 Å². The van der Waals surface area contributed by atoms with Gasteiger partial charge in [-0.25, -0.2) is 0 Å². The van der Waals surface area contributed by atoms with Crippen molar-refractivity contribution in [1.82, 2.24) is 4.98 Å². The van der Waals surface area contributed by atoms with Gasteiger partial charge in [0.25, 0.3) is 0 Å². The molecule has 1 aromatic carbocycles. The minimum Gasteiger partial charge on any atom is -0.507 e. The lowest BCUT2D eigenvalue weighted by molar-refractivity contribution is 0.182. The number of ether oxygens (including phenoxy) is 1. The first-order valence-corrected chi connectivity index (χ1v) is 6.70. The molecule has 0 spiro atoms. The maximum absolute atomic E-state index is 10.4. The van der Waals surface area contributed by atoms with Crippen molar-refractivity contribution in [3.8, 4) is 17.0 Å². The summed E-state index contributed by atoms with van der Waals surface area (Å²) in [6.45, 7) is 0.415. The monoisotopic (exact) mass is 353 g/mol. The largest absolute Gasteiger partial charge is 0.507 e. The number of hydrogen-bond donors (Lipinski definition) is 2. The second-order valence-corrected chi connectivity index (χ2v) is 5.28. The zero-order valence-electron chi connectivity index (χ0n) is 9.83. The Bertz CT molecular complexity index is 690. The third-order valence-electron chi connectivity index (χ3n) is 3.14. The van der Waals surface area contributed by atoms with E-state index >= 15 is 0 Å². The first kappa shape index (κ1) is 11.8. The lowest BCUT2D eigenvalue weighted by Crippen LogP contribution is -1.88. The summed E-state index contributed by atoms with van der Waals surface area (Å²) in [4.78, 5) is 3.22. The van der Waals surface area contributed by atoms with Crippen LogP contribution in [0.2, 0.25) is 0 Å². The lowest BCUT2D eigenvalue weighted by Gasteiger charge is -2.06. The molecule has 2 aliphatic rings. The molecule has 0 unspecified atom stereocenters. The third kappa shape index (κ3) is 1.59. The van der Waals surface area contributed by atoms with E-state index in [0.717, 1.165) is 31.2 Å². The predicted molar refractivity (Wildman–Crippen MR) is 80.0 cm³/mol. The molecule has 0 fully saturated rings. The van der Waals surface area contributed by atoms with Crippen molar-refractivity contribution in [2.45, 2.75) is 6.61 Å². The van der Waals surface area contributed by atoms with E-state index in [1.807, 2.05) is 24.4 Å². The van der Waals surface area contributed by atoms with Crippen molar-refractivity contribution < 1.29 is 9.84 Å².